The molecule has 2 heterocycles. The van der Waals surface area contributed by atoms with Gasteiger partial charge in [-0.25, -0.2) is 9.78 Å². The summed E-state index contributed by atoms with van der Waals surface area (Å²) >= 11 is 0. The Morgan fingerprint density at radius 1 is 1.19 bits per heavy atom. The first-order valence-electron chi connectivity index (χ1n) is 6.61. The Bertz CT molecular complexity index is 866. The van der Waals surface area contributed by atoms with Gasteiger partial charge in [-0.1, -0.05) is 0 Å². The molecule has 5 heteroatoms. The molecule has 4 rings (SSSR count). The number of aromatic nitrogens is 1. The Hall–Kier alpha value is -2.82. The van der Waals surface area contributed by atoms with Crippen LogP contribution in [0, 0.1) is 0 Å². The van der Waals surface area contributed by atoms with Crippen LogP contribution in [0.15, 0.2) is 40.8 Å². The van der Waals surface area contributed by atoms with Crippen LogP contribution in [0.3, 0.4) is 0 Å². The predicted molar refractivity (Wildman–Crippen MR) is 75.6 cm³/mol. The molecule has 1 N–H and O–H groups in total. The SMILES string of the molecule is O=C(O)c1ccc2oc(-c3ccc4c(c3)CCO4)nc2c1. The van der Waals surface area contributed by atoms with Crippen molar-refractivity contribution < 1.29 is 19.1 Å². The van der Waals surface area contributed by atoms with Gasteiger partial charge in [0.25, 0.3) is 0 Å². The molecule has 1 aliphatic rings. The van der Waals surface area contributed by atoms with E-state index >= 15 is 0 Å². The quantitative estimate of drug-likeness (QED) is 0.781. The van der Waals surface area contributed by atoms with Crippen LogP contribution in [0.25, 0.3) is 22.6 Å². The van der Waals surface area contributed by atoms with Crippen molar-refractivity contribution in [2.45, 2.75) is 6.42 Å². The average Bonchev–Trinajstić information content (AvgIpc) is 3.11. The maximum Gasteiger partial charge on any atom is 0.335 e. The number of carbonyl (C=O) groups is 1. The minimum atomic E-state index is -0.976. The zero-order chi connectivity index (χ0) is 14.4. The van der Waals surface area contributed by atoms with Gasteiger partial charge in [0.05, 0.1) is 12.2 Å². The predicted octanol–water partition coefficient (Wildman–Crippen LogP) is 3.13. The molecule has 0 atom stereocenters. The Kier molecular flexibility index (Phi) is 2.47. The first-order chi connectivity index (χ1) is 10.2. The lowest BCUT2D eigenvalue weighted by atomic mass is 10.1. The molecule has 0 unspecified atom stereocenters. The minimum absolute atomic E-state index is 0.199. The lowest BCUT2D eigenvalue weighted by molar-refractivity contribution is 0.0697. The summed E-state index contributed by atoms with van der Waals surface area (Å²) < 4.78 is 11.2. The molecule has 0 saturated heterocycles. The Morgan fingerprint density at radius 3 is 2.95 bits per heavy atom. The highest BCUT2D eigenvalue weighted by molar-refractivity contribution is 5.92. The number of benzene rings is 2. The molecule has 21 heavy (non-hydrogen) atoms. The van der Waals surface area contributed by atoms with Crippen LogP contribution in [-0.2, 0) is 6.42 Å². The van der Waals surface area contributed by atoms with Gasteiger partial charge in [0.15, 0.2) is 5.58 Å². The fourth-order valence-corrected chi connectivity index (χ4v) is 2.50. The molecule has 0 bridgehead atoms. The van der Waals surface area contributed by atoms with Crippen LogP contribution in [0.1, 0.15) is 15.9 Å². The number of fused-ring (bicyclic) bond motifs is 2. The highest BCUT2D eigenvalue weighted by atomic mass is 16.5. The van der Waals surface area contributed by atoms with Crippen LogP contribution in [0.5, 0.6) is 5.75 Å². The van der Waals surface area contributed by atoms with E-state index in [2.05, 4.69) is 4.98 Å². The topological polar surface area (TPSA) is 72.6 Å². The summed E-state index contributed by atoms with van der Waals surface area (Å²) in [6.07, 6.45) is 0.882. The van der Waals surface area contributed by atoms with Gasteiger partial charge in [0.1, 0.15) is 11.3 Å². The molecule has 0 saturated carbocycles. The molecule has 104 valence electrons. The largest absolute Gasteiger partial charge is 0.493 e. The molecular formula is C16H11NO4. The summed E-state index contributed by atoms with van der Waals surface area (Å²) in [7, 11) is 0. The molecule has 3 aromatic rings. The van der Waals surface area contributed by atoms with Gasteiger partial charge in [-0.2, -0.15) is 0 Å². The van der Waals surface area contributed by atoms with Crippen LogP contribution in [-0.4, -0.2) is 22.7 Å². The normalized spacial score (nSPS) is 13.1. The average molecular weight is 281 g/mol. The van der Waals surface area contributed by atoms with E-state index in [9.17, 15) is 4.79 Å². The molecule has 0 amide bonds. The number of ether oxygens (including phenoxy) is 1. The van der Waals surface area contributed by atoms with Crippen LogP contribution >= 0.6 is 0 Å². The van der Waals surface area contributed by atoms with E-state index in [0.717, 1.165) is 23.3 Å². The van der Waals surface area contributed by atoms with Gasteiger partial charge in [0.2, 0.25) is 5.89 Å². The van der Waals surface area contributed by atoms with Gasteiger partial charge in [-0.3, -0.25) is 0 Å². The van der Waals surface area contributed by atoms with E-state index in [0.29, 0.717) is 23.6 Å². The van der Waals surface area contributed by atoms with E-state index in [1.807, 2.05) is 18.2 Å². The standard InChI is InChI=1S/C16H11NO4/c18-16(19)11-2-4-14-12(8-11)17-15(21-14)10-1-3-13-9(7-10)5-6-20-13/h1-4,7-8H,5-6H2,(H,18,19). The summed E-state index contributed by atoms with van der Waals surface area (Å²) in [4.78, 5) is 15.4. The van der Waals surface area contributed by atoms with Gasteiger partial charge in [-0.05, 0) is 42.0 Å². The molecular weight excluding hydrogens is 270 g/mol. The molecule has 0 radical (unpaired) electrons. The fraction of sp³-hybridized carbons (Fsp3) is 0.125. The second kappa shape index (κ2) is 4.34. The first-order valence-corrected chi connectivity index (χ1v) is 6.61. The van der Waals surface area contributed by atoms with Crippen molar-refractivity contribution in [2.75, 3.05) is 6.61 Å². The van der Waals surface area contributed by atoms with E-state index in [-0.39, 0.29) is 5.56 Å². The summed E-state index contributed by atoms with van der Waals surface area (Å²) in [5.74, 6) is 0.418. The van der Waals surface area contributed by atoms with Crippen molar-refractivity contribution in [3.05, 3.63) is 47.5 Å². The third kappa shape index (κ3) is 1.94. The van der Waals surface area contributed by atoms with Gasteiger partial charge < -0.3 is 14.3 Å². The fourth-order valence-electron chi connectivity index (χ4n) is 2.50. The van der Waals surface area contributed by atoms with Crippen molar-refractivity contribution in [2.24, 2.45) is 0 Å². The Morgan fingerprint density at radius 2 is 2.10 bits per heavy atom. The number of nitrogens with zero attached hydrogens (tertiary/aromatic N) is 1. The van der Waals surface area contributed by atoms with Crippen molar-refractivity contribution in [3.8, 4) is 17.2 Å². The van der Waals surface area contributed by atoms with Crippen molar-refractivity contribution in [3.63, 3.8) is 0 Å². The lowest BCUT2D eigenvalue weighted by Gasteiger charge is -2.00. The zero-order valence-corrected chi connectivity index (χ0v) is 11.0. The molecule has 1 aliphatic heterocycles. The molecule has 1 aromatic heterocycles. The maximum atomic E-state index is 11.0. The van der Waals surface area contributed by atoms with Crippen molar-refractivity contribution in [1.29, 1.82) is 0 Å². The van der Waals surface area contributed by atoms with Crippen molar-refractivity contribution >= 4 is 17.1 Å². The number of carboxylic acid groups (broad SMARTS) is 1. The Labute approximate surface area is 119 Å². The second-order valence-corrected chi connectivity index (χ2v) is 4.93. The van der Waals surface area contributed by atoms with E-state index in [4.69, 9.17) is 14.3 Å². The number of rotatable bonds is 2. The monoisotopic (exact) mass is 281 g/mol. The summed E-state index contributed by atoms with van der Waals surface area (Å²) in [5.41, 5.74) is 3.33. The van der Waals surface area contributed by atoms with E-state index in [1.165, 1.54) is 12.1 Å². The van der Waals surface area contributed by atoms with E-state index in [1.54, 1.807) is 6.07 Å². The van der Waals surface area contributed by atoms with E-state index < -0.39 is 5.97 Å². The van der Waals surface area contributed by atoms with Gasteiger partial charge in [-0.15, -0.1) is 0 Å². The number of aromatic carboxylic acids is 1. The smallest absolute Gasteiger partial charge is 0.335 e. The Balaban J connectivity index is 1.81. The second-order valence-electron chi connectivity index (χ2n) is 4.93. The highest BCUT2D eigenvalue weighted by Crippen LogP contribution is 2.31. The lowest BCUT2D eigenvalue weighted by Crippen LogP contribution is -1.94. The molecule has 0 spiro atoms. The number of hydrogen-bond acceptors (Lipinski definition) is 4. The van der Waals surface area contributed by atoms with Crippen molar-refractivity contribution in [1.82, 2.24) is 4.98 Å². The number of oxazole rings is 1. The third-order valence-electron chi connectivity index (χ3n) is 3.57. The first kappa shape index (κ1) is 12.0. The third-order valence-corrected chi connectivity index (χ3v) is 3.57. The summed E-state index contributed by atoms with van der Waals surface area (Å²) in [5, 5.41) is 9.00. The number of hydrogen-bond donors (Lipinski definition) is 1. The maximum absolute atomic E-state index is 11.0. The van der Waals surface area contributed by atoms with Crippen LogP contribution in [0.4, 0.5) is 0 Å². The van der Waals surface area contributed by atoms with Gasteiger partial charge in [0, 0.05) is 12.0 Å². The summed E-state index contributed by atoms with van der Waals surface area (Å²) in [6.45, 7) is 0.703. The molecule has 0 aliphatic carbocycles. The van der Waals surface area contributed by atoms with Gasteiger partial charge >= 0.3 is 5.97 Å². The summed E-state index contributed by atoms with van der Waals surface area (Å²) in [6, 6.07) is 10.5. The minimum Gasteiger partial charge on any atom is -0.493 e. The molecule has 0 fully saturated rings. The number of carboxylic acids is 1. The zero-order valence-electron chi connectivity index (χ0n) is 11.0. The molecule has 2 aromatic carbocycles. The highest BCUT2D eigenvalue weighted by Gasteiger charge is 2.16. The van der Waals surface area contributed by atoms with Crippen LogP contribution < -0.4 is 4.74 Å². The molecule has 5 nitrogen and oxygen atoms in total. The van der Waals surface area contributed by atoms with Crippen LogP contribution in [0.2, 0.25) is 0 Å².